The molecule has 0 fully saturated rings. The van der Waals surface area contributed by atoms with Gasteiger partial charge in [0, 0.05) is 16.2 Å². The van der Waals surface area contributed by atoms with Crippen LogP contribution in [0.3, 0.4) is 0 Å². The van der Waals surface area contributed by atoms with Crippen LogP contribution in [0.25, 0.3) is 0 Å². The number of benzene rings is 1. The van der Waals surface area contributed by atoms with Crippen molar-refractivity contribution in [2.75, 3.05) is 5.73 Å². The number of aryl methyl sites for hydroxylation is 1. The molecule has 0 bridgehead atoms. The van der Waals surface area contributed by atoms with Crippen molar-refractivity contribution in [3.63, 3.8) is 0 Å². The van der Waals surface area contributed by atoms with E-state index in [0.717, 1.165) is 22.6 Å². The molecule has 0 aliphatic carbocycles. The van der Waals surface area contributed by atoms with Crippen molar-refractivity contribution >= 4 is 17.6 Å². The van der Waals surface area contributed by atoms with Gasteiger partial charge >= 0.3 is 0 Å². The molecule has 2 rings (SSSR count). The van der Waals surface area contributed by atoms with Crippen LogP contribution in [0, 0.1) is 12.7 Å². The van der Waals surface area contributed by atoms with Crippen LogP contribution in [-0.2, 0) is 12.2 Å². The highest BCUT2D eigenvalue weighted by molar-refractivity contribution is 7.98. The van der Waals surface area contributed by atoms with Crippen molar-refractivity contribution < 1.29 is 4.39 Å². The van der Waals surface area contributed by atoms with Crippen LogP contribution >= 0.6 is 11.8 Å². The Kier molecular flexibility index (Phi) is 4.37. The van der Waals surface area contributed by atoms with Gasteiger partial charge in [0.25, 0.3) is 0 Å². The minimum absolute atomic E-state index is 0.233. The topological polar surface area (TPSA) is 51.8 Å². The lowest BCUT2D eigenvalue weighted by Gasteiger charge is -2.08. The van der Waals surface area contributed by atoms with Gasteiger partial charge in [0.15, 0.2) is 0 Å². The molecule has 19 heavy (non-hydrogen) atoms. The van der Waals surface area contributed by atoms with Gasteiger partial charge in [-0.25, -0.2) is 14.4 Å². The van der Waals surface area contributed by atoms with Gasteiger partial charge in [-0.1, -0.05) is 13.0 Å². The largest absolute Gasteiger partial charge is 0.383 e. The molecule has 0 aliphatic heterocycles. The molecule has 5 heteroatoms. The van der Waals surface area contributed by atoms with Gasteiger partial charge in [-0.05, 0) is 31.5 Å². The predicted molar refractivity (Wildman–Crippen MR) is 76.5 cm³/mol. The number of anilines is 1. The summed E-state index contributed by atoms with van der Waals surface area (Å²) in [4.78, 5) is 9.62. The Morgan fingerprint density at radius 2 is 2.11 bits per heavy atom. The molecule has 2 aromatic rings. The zero-order chi connectivity index (χ0) is 13.8. The molecule has 0 spiro atoms. The summed E-state index contributed by atoms with van der Waals surface area (Å²) in [5.41, 5.74) is 7.79. The number of nitrogens with zero attached hydrogens (tertiary/aromatic N) is 2. The molecule has 0 amide bonds. The lowest BCUT2D eigenvalue weighted by Crippen LogP contribution is -2.05. The smallest absolute Gasteiger partial charge is 0.141 e. The summed E-state index contributed by atoms with van der Waals surface area (Å²) in [7, 11) is 0. The van der Waals surface area contributed by atoms with Crippen LogP contribution < -0.4 is 5.73 Å². The summed E-state index contributed by atoms with van der Waals surface area (Å²) in [6.07, 6.45) is 0.830. The van der Waals surface area contributed by atoms with Crippen molar-refractivity contribution in [3.05, 3.63) is 47.2 Å². The van der Waals surface area contributed by atoms with Crippen molar-refractivity contribution in [3.8, 4) is 0 Å². The third-order valence-corrected chi connectivity index (χ3v) is 3.82. The van der Waals surface area contributed by atoms with Crippen molar-refractivity contribution in [1.29, 1.82) is 0 Å². The summed E-state index contributed by atoms with van der Waals surface area (Å²) in [5.74, 6) is 1.57. The maximum Gasteiger partial charge on any atom is 0.141 e. The van der Waals surface area contributed by atoms with Crippen LogP contribution in [0.2, 0.25) is 0 Å². The van der Waals surface area contributed by atoms with E-state index < -0.39 is 0 Å². The SMILES string of the molecule is CCc1nc(CSc2cccc(F)c2)nc(N)c1C. The first-order chi connectivity index (χ1) is 9.10. The average Bonchev–Trinajstić information content (AvgIpc) is 2.40. The molecule has 0 unspecified atom stereocenters. The van der Waals surface area contributed by atoms with Gasteiger partial charge < -0.3 is 5.73 Å². The van der Waals surface area contributed by atoms with Crippen LogP contribution in [0.5, 0.6) is 0 Å². The zero-order valence-electron chi connectivity index (χ0n) is 11.0. The predicted octanol–water partition coefficient (Wildman–Crippen LogP) is 3.36. The molecular formula is C14H16FN3S. The van der Waals surface area contributed by atoms with E-state index in [1.54, 1.807) is 6.07 Å². The molecule has 100 valence electrons. The van der Waals surface area contributed by atoms with Crippen LogP contribution in [-0.4, -0.2) is 9.97 Å². The van der Waals surface area contributed by atoms with Crippen LogP contribution in [0.4, 0.5) is 10.2 Å². The summed E-state index contributed by atoms with van der Waals surface area (Å²) in [6.45, 7) is 3.97. The lowest BCUT2D eigenvalue weighted by atomic mass is 10.2. The molecule has 0 radical (unpaired) electrons. The van der Waals surface area contributed by atoms with Gasteiger partial charge in [0.1, 0.15) is 17.5 Å². The monoisotopic (exact) mass is 277 g/mol. The quantitative estimate of drug-likeness (QED) is 0.871. The van der Waals surface area contributed by atoms with E-state index in [-0.39, 0.29) is 5.82 Å². The van der Waals surface area contributed by atoms with Gasteiger partial charge in [-0.3, -0.25) is 0 Å². The highest BCUT2D eigenvalue weighted by Crippen LogP contribution is 2.23. The molecular weight excluding hydrogens is 261 g/mol. The average molecular weight is 277 g/mol. The molecule has 1 heterocycles. The molecule has 0 saturated heterocycles. The van der Waals surface area contributed by atoms with Crippen LogP contribution in [0.15, 0.2) is 29.2 Å². The number of hydrogen-bond donors (Lipinski definition) is 1. The number of hydrogen-bond acceptors (Lipinski definition) is 4. The van der Waals surface area contributed by atoms with Gasteiger partial charge in [0.05, 0.1) is 5.75 Å². The number of thioether (sulfide) groups is 1. The Morgan fingerprint density at radius 3 is 2.79 bits per heavy atom. The third-order valence-electron chi connectivity index (χ3n) is 2.83. The number of aromatic nitrogens is 2. The van der Waals surface area contributed by atoms with Gasteiger partial charge in [-0.2, -0.15) is 0 Å². The normalized spacial score (nSPS) is 10.7. The van der Waals surface area contributed by atoms with Crippen molar-refractivity contribution in [2.45, 2.75) is 30.9 Å². The molecule has 2 N–H and O–H groups in total. The molecule has 0 atom stereocenters. The van der Waals surface area contributed by atoms with Crippen LogP contribution in [0.1, 0.15) is 24.0 Å². The Hall–Kier alpha value is -1.62. The summed E-state index contributed by atoms with van der Waals surface area (Å²) >= 11 is 1.50. The van der Waals surface area contributed by atoms with Gasteiger partial charge in [-0.15, -0.1) is 11.8 Å². The molecule has 1 aromatic carbocycles. The highest BCUT2D eigenvalue weighted by atomic mass is 32.2. The number of nitrogen functional groups attached to an aromatic ring is 1. The third kappa shape index (κ3) is 3.44. The Bertz CT molecular complexity index is 587. The first-order valence-corrected chi connectivity index (χ1v) is 7.09. The minimum Gasteiger partial charge on any atom is -0.383 e. The van der Waals surface area contributed by atoms with Crippen molar-refractivity contribution in [2.24, 2.45) is 0 Å². The molecule has 1 aromatic heterocycles. The second-order valence-electron chi connectivity index (χ2n) is 4.20. The summed E-state index contributed by atoms with van der Waals surface area (Å²) < 4.78 is 13.1. The standard InChI is InChI=1S/C14H16FN3S/c1-3-12-9(2)14(16)18-13(17-12)8-19-11-6-4-5-10(15)7-11/h4-7H,3,8H2,1-2H3,(H2,16,17,18). The van der Waals surface area contributed by atoms with Crippen molar-refractivity contribution in [1.82, 2.24) is 9.97 Å². The first-order valence-electron chi connectivity index (χ1n) is 6.10. The van der Waals surface area contributed by atoms with E-state index in [0.29, 0.717) is 17.4 Å². The Balaban J connectivity index is 2.13. The van der Waals surface area contributed by atoms with E-state index in [1.165, 1.54) is 23.9 Å². The molecule has 0 aliphatic rings. The van der Waals surface area contributed by atoms with E-state index in [2.05, 4.69) is 9.97 Å². The number of nitrogens with two attached hydrogens (primary N) is 1. The fourth-order valence-electron chi connectivity index (χ4n) is 1.75. The van der Waals surface area contributed by atoms with E-state index in [4.69, 9.17) is 5.73 Å². The Morgan fingerprint density at radius 1 is 1.32 bits per heavy atom. The summed E-state index contributed by atoms with van der Waals surface area (Å²) in [6, 6.07) is 6.49. The summed E-state index contributed by atoms with van der Waals surface area (Å²) in [5, 5.41) is 0. The van der Waals surface area contributed by atoms with E-state index >= 15 is 0 Å². The maximum absolute atomic E-state index is 13.1. The minimum atomic E-state index is -0.233. The second-order valence-corrected chi connectivity index (χ2v) is 5.25. The first kappa shape index (κ1) is 13.8. The fourth-order valence-corrected chi connectivity index (χ4v) is 2.54. The zero-order valence-corrected chi connectivity index (χ0v) is 11.8. The van der Waals surface area contributed by atoms with E-state index in [1.807, 2.05) is 19.9 Å². The number of halogens is 1. The number of rotatable bonds is 4. The van der Waals surface area contributed by atoms with E-state index in [9.17, 15) is 4.39 Å². The molecule has 0 saturated carbocycles. The highest BCUT2D eigenvalue weighted by Gasteiger charge is 2.07. The second kappa shape index (κ2) is 6.02. The molecule has 3 nitrogen and oxygen atoms in total. The Labute approximate surface area is 116 Å². The fraction of sp³-hybridized carbons (Fsp3) is 0.286. The lowest BCUT2D eigenvalue weighted by molar-refractivity contribution is 0.624. The van der Waals surface area contributed by atoms with Gasteiger partial charge in [0.2, 0.25) is 0 Å². The maximum atomic E-state index is 13.1.